The molecular weight excluding hydrogens is 288 g/mol. The molecule has 0 saturated heterocycles. The van der Waals surface area contributed by atoms with Crippen LogP contribution in [0.25, 0.3) is 0 Å². The third-order valence-corrected chi connectivity index (χ3v) is 3.45. The van der Waals surface area contributed by atoms with Gasteiger partial charge in [0, 0.05) is 36.6 Å². The quantitative estimate of drug-likeness (QED) is 0.638. The van der Waals surface area contributed by atoms with E-state index in [1.54, 1.807) is 7.11 Å². The van der Waals surface area contributed by atoms with Gasteiger partial charge in [0.25, 0.3) is 0 Å². The summed E-state index contributed by atoms with van der Waals surface area (Å²) in [6.07, 6.45) is 2.23. The molecule has 0 aliphatic heterocycles. The van der Waals surface area contributed by atoms with Gasteiger partial charge in [0.1, 0.15) is 11.5 Å². The number of hydrogen-bond acceptors (Lipinski definition) is 4. The van der Waals surface area contributed by atoms with Gasteiger partial charge < -0.3 is 20.1 Å². The van der Waals surface area contributed by atoms with Crippen LogP contribution in [0.4, 0.5) is 11.4 Å². The van der Waals surface area contributed by atoms with E-state index >= 15 is 0 Å². The molecule has 2 aromatic carbocycles. The Bertz CT molecular complexity index is 587. The number of hydrogen-bond donors (Lipinski definition) is 2. The summed E-state index contributed by atoms with van der Waals surface area (Å²) in [6.45, 7) is 4.59. The number of ether oxygens (including phenoxy) is 2. The van der Waals surface area contributed by atoms with Gasteiger partial charge >= 0.3 is 0 Å². The van der Waals surface area contributed by atoms with Crippen LogP contribution in [-0.2, 0) is 0 Å². The summed E-state index contributed by atoms with van der Waals surface area (Å²) in [5, 5.41) is 6.77. The van der Waals surface area contributed by atoms with E-state index in [0.717, 1.165) is 55.4 Å². The molecule has 2 aromatic rings. The van der Waals surface area contributed by atoms with Gasteiger partial charge in [-0.05, 0) is 30.7 Å². The van der Waals surface area contributed by atoms with Gasteiger partial charge in [-0.2, -0.15) is 0 Å². The summed E-state index contributed by atoms with van der Waals surface area (Å²) in [5.41, 5.74) is 2.13. The van der Waals surface area contributed by atoms with E-state index in [2.05, 4.69) is 23.6 Å². The van der Waals surface area contributed by atoms with Gasteiger partial charge in [0.15, 0.2) is 0 Å². The van der Waals surface area contributed by atoms with Crippen LogP contribution in [0.2, 0.25) is 0 Å². The van der Waals surface area contributed by atoms with Crippen LogP contribution < -0.4 is 20.1 Å². The molecule has 0 spiro atoms. The van der Waals surface area contributed by atoms with E-state index in [0.29, 0.717) is 0 Å². The Hall–Kier alpha value is -2.36. The topological polar surface area (TPSA) is 42.5 Å². The molecule has 0 radical (unpaired) electrons. The first-order chi connectivity index (χ1) is 11.3. The van der Waals surface area contributed by atoms with E-state index in [1.165, 1.54) is 0 Å². The van der Waals surface area contributed by atoms with E-state index in [4.69, 9.17) is 9.47 Å². The first-order valence-electron chi connectivity index (χ1n) is 8.16. The Balaban J connectivity index is 1.74. The van der Waals surface area contributed by atoms with Crippen molar-refractivity contribution in [3.05, 3.63) is 48.5 Å². The average Bonchev–Trinajstić information content (AvgIpc) is 2.60. The van der Waals surface area contributed by atoms with E-state index in [-0.39, 0.29) is 0 Å². The van der Waals surface area contributed by atoms with E-state index < -0.39 is 0 Å². The second-order valence-corrected chi connectivity index (χ2v) is 5.32. The molecule has 0 atom stereocenters. The van der Waals surface area contributed by atoms with Crippen LogP contribution in [0.5, 0.6) is 11.5 Å². The summed E-state index contributed by atoms with van der Waals surface area (Å²) in [4.78, 5) is 0. The minimum atomic E-state index is 0.775. The maximum atomic E-state index is 5.72. The van der Waals surface area contributed by atoms with Crippen molar-refractivity contribution in [2.75, 3.05) is 37.4 Å². The monoisotopic (exact) mass is 314 g/mol. The highest BCUT2D eigenvalue weighted by Crippen LogP contribution is 2.18. The third kappa shape index (κ3) is 6.10. The predicted octanol–water partition coefficient (Wildman–Crippen LogP) is 4.40. The Morgan fingerprint density at radius 1 is 0.870 bits per heavy atom. The lowest BCUT2D eigenvalue weighted by atomic mass is 10.3. The summed E-state index contributed by atoms with van der Waals surface area (Å²) in [5.74, 6) is 1.78. The maximum Gasteiger partial charge on any atom is 0.121 e. The second-order valence-electron chi connectivity index (χ2n) is 5.32. The minimum absolute atomic E-state index is 0.775. The van der Waals surface area contributed by atoms with Crippen molar-refractivity contribution >= 4 is 11.4 Å². The predicted molar refractivity (Wildman–Crippen MR) is 96.8 cm³/mol. The molecular formula is C19H26N2O2. The van der Waals surface area contributed by atoms with Gasteiger partial charge in [-0.3, -0.25) is 0 Å². The standard InChI is InChI=1S/C19H26N2O2/c1-3-4-13-23-19-10-6-8-17(15-19)21-12-11-20-16-7-5-9-18(14-16)22-2/h5-10,14-15,20-21H,3-4,11-13H2,1-2H3. The lowest BCUT2D eigenvalue weighted by Crippen LogP contribution is -2.13. The molecule has 0 heterocycles. The number of unbranched alkanes of at least 4 members (excludes halogenated alkanes) is 1. The first-order valence-corrected chi connectivity index (χ1v) is 8.16. The van der Waals surface area contributed by atoms with E-state index in [1.807, 2.05) is 42.5 Å². The highest BCUT2D eigenvalue weighted by molar-refractivity contribution is 5.50. The lowest BCUT2D eigenvalue weighted by molar-refractivity contribution is 0.309. The first kappa shape index (κ1) is 17.0. The zero-order valence-electron chi connectivity index (χ0n) is 14.0. The van der Waals surface area contributed by atoms with Crippen LogP contribution in [0.3, 0.4) is 0 Å². The van der Waals surface area contributed by atoms with Crippen molar-refractivity contribution in [1.82, 2.24) is 0 Å². The molecule has 0 fully saturated rings. The third-order valence-electron chi connectivity index (χ3n) is 3.45. The smallest absolute Gasteiger partial charge is 0.121 e. The van der Waals surface area contributed by atoms with Crippen molar-refractivity contribution in [2.45, 2.75) is 19.8 Å². The van der Waals surface area contributed by atoms with Gasteiger partial charge in [-0.1, -0.05) is 25.5 Å². The molecule has 4 heteroatoms. The fraction of sp³-hybridized carbons (Fsp3) is 0.368. The molecule has 2 N–H and O–H groups in total. The molecule has 0 aliphatic rings. The lowest BCUT2D eigenvalue weighted by Gasteiger charge is -2.11. The normalized spacial score (nSPS) is 10.2. The van der Waals surface area contributed by atoms with E-state index in [9.17, 15) is 0 Å². The van der Waals surface area contributed by atoms with Crippen LogP contribution in [0, 0.1) is 0 Å². The largest absolute Gasteiger partial charge is 0.497 e. The zero-order valence-corrected chi connectivity index (χ0v) is 14.0. The SMILES string of the molecule is CCCCOc1cccc(NCCNc2cccc(OC)c2)c1. The van der Waals surface area contributed by atoms with Crippen molar-refractivity contribution in [2.24, 2.45) is 0 Å². The maximum absolute atomic E-state index is 5.72. The van der Waals surface area contributed by atoms with Crippen molar-refractivity contribution in [1.29, 1.82) is 0 Å². The number of nitrogens with one attached hydrogen (secondary N) is 2. The fourth-order valence-electron chi connectivity index (χ4n) is 2.18. The second kappa shape index (κ2) is 9.62. The molecule has 124 valence electrons. The van der Waals surface area contributed by atoms with Crippen molar-refractivity contribution < 1.29 is 9.47 Å². The van der Waals surface area contributed by atoms with Crippen molar-refractivity contribution in [3.63, 3.8) is 0 Å². The molecule has 0 amide bonds. The van der Waals surface area contributed by atoms with Crippen LogP contribution in [-0.4, -0.2) is 26.8 Å². The molecule has 0 unspecified atom stereocenters. The summed E-state index contributed by atoms with van der Waals surface area (Å²) < 4.78 is 10.9. The summed E-state index contributed by atoms with van der Waals surface area (Å²) in [6, 6.07) is 16.0. The van der Waals surface area contributed by atoms with Gasteiger partial charge in [0.05, 0.1) is 13.7 Å². The Morgan fingerprint density at radius 3 is 2.09 bits per heavy atom. The molecule has 4 nitrogen and oxygen atoms in total. The van der Waals surface area contributed by atoms with Crippen LogP contribution in [0.1, 0.15) is 19.8 Å². The molecule has 23 heavy (non-hydrogen) atoms. The summed E-state index contributed by atoms with van der Waals surface area (Å²) in [7, 11) is 1.68. The highest BCUT2D eigenvalue weighted by Gasteiger charge is 1.98. The Kier molecular flexibility index (Phi) is 7.11. The molecule has 2 rings (SSSR count). The van der Waals surface area contributed by atoms with Crippen LogP contribution >= 0.6 is 0 Å². The number of rotatable bonds is 10. The number of methoxy groups -OCH3 is 1. The molecule has 0 saturated carbocycles. The zero-order chi connectivity index (χ0) is 16.3. The van der Waals surface area contributed by atoms with Crippen LogP contribution in [0.15, 0.2) is 48.5 Å². The number of anilines is 2. The van der Waals surface area contributed by atoms with Crippen molar-refractivity contribution in [3.8, 4) is 11.5 Å². The molecule has 0 aromatic heterocycles. The van der Waals surface area contributed by atoms with Gasteiger partial charge in [-0.25, -0.2) is 0 Å². The fourth-order valence-corrected chi connectivity index (χ4v) is 2.18. The Labute approximate surface area is 138 Å². The molecule has 0 bridgehead atoms. The number of benzene rings is 2. The van der Waals surface area contributed by atoms with Gasteiger partial charge in [-0.15, -0.1) is 0 Å². The van der Waals surface area contributed by atoms with Gasteiger partial charge in [0.2, 0.25) is 0 Å². The Morgan fingerprint density at radius 2 is 1.48 bits per heavy atom. The molecule has 0 aliphatic carbocycles. The average molecular weight is 314 g/mol. The highest BCUT2D eigenvalue weighted by atomic mass is 16.5. The summed E-state index contributed by atoms with van der Waals surface area (Å²) >= 11 is 0. The minimum Gasteiger partial charge on any atom is -0.497 e.